The maximum Gasteiger partial charge on any atom is 0.262 e. The number of nitriles is 1. The molecule has 1 heterocycles. The van der Waals surface area contributed by atoms with Crippen LogP contribution in [-0.2, 0) is 17.6 Å². The first-order valence-corrected chi connectivity index (χ1v) is 11.2. The van der Waals surface area contributed by atoms with E-state index in [4.69, 9.17) is 27.9 Å². The van der Waals surface area contributed by atoms with E-state index >= 15 is 0 Å². The molecule has 2 aromatic rings. The van der Waals surface area contributed by atoms with Crippen LogP contribution in [0.25, 0.3) is 0 Å². The van der Waals surface area contributed by atoms with Crippen LogP contribution in [0.4, 0.5) is 5.00 Å². The Morgan fingerprint density at radius 2 is 2.17 bits per heavy atom. The lowest BCUT2D eigenvalue weighted by molar-refractivity contribution is -0.118. The van der Waals surface area contributed by atoms with Gasteiger partial charge in [-0.05, 0) is 54.4 Å². The van der Waals surface area contributed by atoms with Gasteiger partial charge < -0.3 is 10.1 Å². The lowest BCUT2D eigenvalue weighted by Crippen LogP contribution is -2.28. The minimum Gasteiger partial charge on any atom is -0.482 e. The predicted octanol–water partition coefficient (Wildman–Crippen LogP) is 6.49. The van der Waals surface area contributed by atoms with Crippen LogP contribution < -0.4 is 10.1 Å². The lowest BCUT2D eigenvalue weighted by atomic mass is 9.69. The molecular formula is C22H24Cl2N2O2S. The zero-order valence-electron chi connectivity index (χ0n) is 16.8. The molecule has 0 fully saturated rings. The summed E-state index contributed by atoms with van der Waals surface area (Å²) in [4.78, 5) is 13.6. The number of amides is 1. The average Bonchev–Trinajstić information content (AvgIpc) is 3.03. The molecular weight excluding hydrogens is 427 g/mol. The van der Waals surface area contributed by atoms with Crippen molar-refractivity contribution in [2.45, 2.75) is 46.5 Å². The van der Waals surface area contributed by atoms with Crippen molar-refractivity contribution in [2.75, 3.05) is 11.9 Å². The normalized spacial score (nSPS) is 16.1. The van der Waals surface area contributed by atoms with E-state index in [1.54, 1.807) is 18.2 Å². The standard InChI is InChI=1S/C22H24Cl2N2O2S/c1-4-22(2,3)13-5-7-15-16(11-25)21(29-19(15)9-13)26-20(27)12-28-18-8-6-14(23)10-17(18)24/h6,8,10,13H,4-5,7,9,12H2,1-3H3,(H,26,27). The van der Waals surface area contributed by atoms with Crippen LogP contribution in [0.15, 0.2) is 18.2 Å². The molecule has 7 heteroatoms. The molecule has 1 aromatic heterocycles. The van der Waals surface area contributed by atoms with E-state index in [-0.39, 0.29) is 17.9 Å². The van der Waals surface area contributed by atoms with Crippen LogP contribution in [-0.4, -0.2) is 12.5 Å². The van der Waals surface area contributed by atoms with Crippen LogP contribution in [0.5, 0.6) is 5.75 Å². The van der Waals surface area contributed by atoms with Gasteiger partial charge in [0.1, 0.15) is 16.8 Å². The fourth-order valence-corrected chi connectivity index (χ4v) is 5.40. The van der Waals surface area contributed by atoms with Gasteiger partial charge in [0.15, 0.2) is 6.61 Å². The zero-order chi connectivity index (χ0) is 21.2. The average molecular weight is 451 g/mol. The highest BCUT2D eigenvalue weighted by molar-refractivity contribution is 7.16. The van der Waals surface area contributed by atoms with Crippen LogP contribution in [0.3, 0.4) is 0 Å². The summed E-state index contributed by atoms with van der Waals surface area (Å²) in [6, 6.07) is 7.12. The van der Waals surface area contributed by atoms with Crippen LogP contribution in [0.1, 0.15) is 49.6 Å². The molecule has 29 heavy (non-hydrogen) atoms. The first kappa shape index (κ1) is 22.0. The van der Waals surface area contributed by atoms with Crippen molar-refractivity contribution in [3.8, 4) is 11.8 Å². The summed E-state index contributed by atoms with van der Waals surface area (Å²) >= 11 is 13.5. The summed E-state index contributed by atoms with van der Waals surface area (Å²) in [6.07, 6.45) is 4.04. The van der Waals surface area contributed by atoms with Crippen molar-refractivity contribution in [3.63, 3.8) is 0 Å². The van der Waals surface area contributed by atoms with Gasteiger partial charge in [-0.15, -0.1) is 11.3 Å². The van der Waals surface area contributed by atoms with Gasteiger partial charge in [-0.25, -0.2) is 0 Å². The molecule has 1 atom stereocenters. The highest BCUT2D eigenvalue weighted by Gasteiger charge is 2.34. The highest BCUT2D eigenvalue weighted by Crippen LogP contribution is 2.45. The molecule has 4 nitrogen and oxygen atoms in total. The van der Waals surface area contributed by atoms with Crippen molar-refractivity contribution in [1.29, 1.82) is 5.26 Å². The maximum atomic E-state index is 12.4. The monoisotopic (exact) mass is 450 g/mol. The van der Waals surface area contributed by atoms with Gasteiger partial charge in [0.2, 0.25) is 0 Å². The Bertz CT molecular complexity index is 962. The van der Waals surface area contributed by atoms with Gasteiger partial charge in [0.05, 0.1) is 10.6 Å². The number of ether oxygens (including phenoxy) is 1. The summed E-state index contributed by atoms with van der Waals surface area (Å²) in [5.74, 6) is 0.655. The van der Waals surface area contributed by atoms with Gasteiger partial charge in [0.25, 0.3) is 5.91 Å². The number of carbonyl (C=O) groups is 1. The maximum absolute atomic E-state index is 12.4. The second kappa shape index (κ2) is 8.95. The fraction of sp³-hybridized carbons (Fsp3) is 0.455. The van der Waals surface area contributed by atoms with E-state index in [9.17, 15) is 10.1 Å². The van der Waals surface area contributed by atoms with Gasteiger partial charge in [-0.3, -0.25) is 4.79 Å². The predicted molar refractivity (Wildman–Crippen MR) is 119 cm³/mol. The topological polar surface area (TPSA) is 62.1 Å². The molecule has 0 saturated carbocycles. The Morgan fingerprint density at radius 1 is 1.41 bits per heavy atom. The number of hydrogen-bond donors (Lipinski definition) is 1. The van der Waals surface area contributed by atoms with Crippen molar-refractivity contribution in [1.82, 2.24) is 0 Å². The van der Waals surface area contributed by atoms with Crippen molar-refractivity contribution >= 4 is 45.4 Å². The molecule has 1 aliphatic rings. The number of nitrogens with zero attached hydrogens (tertiary/aromatic N) is 1. The lowest BCUT2D eigenvalue weighted by Gasteiger charge is -2.36. The first-order valence-electron chi connectivity index (χ1n) is 9.67. The molecule has 0 saturated heterocycles. The smallest absolute Gasteiger partial charge is 0.262 e. The number of hydrogen-bond acceptors (Lipinski definition) is 4. The summed E-state index contributed by atoms with van der Waals surface area (Å²) in [5.41, 5.74) is 1.96. The number of rotatable bonds is 6. The minimum absolute atomic E-state index is 0.194. The van der Waals surface area contributed by atoms with Crippen LogP contribution in [0, 0.1) is 22.7 Å². The fourth-order valence-electron chi connectivity index (χ4n) is 3.65. The summed E-state index contributed by atoms with van der Waals surface area (Å²) < 4.78 is 5.50. The number of halogens is 2. The zero-order valence-corrected chi connectivity index (χ0v) is 19.1. The number of anilines is 1. The van der Waals surface area contributed by atoms with E-state index in [1.807, 2.05) is 0 Å². The Morgan fingerprint density at radius 3 is 2.83 bits per heavy atom. The number of nitrogens with one attached hydrogen (secondary N) is 1. The highest BCUT2D eigenvalue weighted by atomic mass is 35.5. The molecule has 0 radical (unpaired) electrons. The van der Waals surface area contributed by atoms with E-state index in [0.29, 0.717) is 32.3 Å². The number of thiophene rings is 1. The third kappa shape index (κ3) is 4.88. The molecule has 154 valence electrons. The van der Waals surface area contributed by atoms with Gasteiger partial charge in [0, 0.05) is 9.90 Å². The van der Waals surface area contributed by atoms with E-state index in [1.165, 1.54) is 16.2 Å². The molecule has 0 spiro atoms. The molecule has 1 aromatic carbocycles. The summed E-state index contributed by atoms with van der Waals surface area (Å²) in [5, 5.41) is 14.0. The van der Waals surface area contributed by atoms with Crippen molar-refractivity contribution in [2.24, 2.45) is 11.3 Å². The SMILES string of the molecule is CCC(C)(C)C1CCc2c(sc(NC(=O)COc3ccc(Cl)cc3Cl)c2C#N)C1. The Kier molecular flexibility index (Phi) is 6.78. The second-order valence-electron chi connectivity index (χ2n) is 8.01. The number of carbonyl (C=O) groups excluding carboxylic acids is 1. The minimum atomic E-state index is -0.323. The Balaban J connectivity index is 1.70. The van der Waals surface area contributed by atoms with Gasteiger partial charge in [-0.1, -0.05) is 50.4 Å². The largest absolute Gasteiger partial charge is 0.482 e. The van der Waals surface area contributed by atoms with Gasteiger partial charge >= 0.3 is 0 Å². The van der Waals surface area contributed by atoms with Gasteiger partial charge in [-0.2, -0.15) is 5.26 Å². The van der Waals surface area contributed by atoms with Crippen molar-refractivity contribution < 1.29 is 9.53 Å². The summed E-state index contributed by atoms with van der Waals surface area (Å²) in [7, 11) is 0. The molecule has 3 rings (SSSR count). The molecule has 1 amide bonds. The summed E-state index contributed by atoms with van der Waals surface area (Å²) in [6.45, 7) is 6.65. The number of fused-ring (bicyclic) bond motifs is 1. The van der Waals surface area contributed by atoms with Crippen LogP contribution >= 0.6 is 34.5 Å². The Labute approximate surface area is 185 Å². The third-order valence-corrected chi connectivity index (χ3v) is 7.60. The quantitative estimate of drug-likeness (QED) is 0.546. The molecule has 1 N–H and O–H groups in total. The molecule has 1 unspecified atom stereocenters. The van der Waals surface area contributed by atoms with E-state index in [2.05, 4.69) is 32.2 Å². The molecule has 1 aliphatic carbocycles. The Hall–Kier alpha value is -1.74. The first-order chi connectivity index (χ1) is 13.7. The molecule has 0 aliphatic heterocycles. The third-order valence-electron chi connectivity index (χ3n) is 5.90. The second-order valence-corrected chi connectivity index (χ2v) is 9.96. The molecule has 0 bridgehead atoms. The van der Waals surface area contributed by atoms with Crippen LogP contribution in [0.2, 0.25) is 10.0 Å². The van der Waals surface area contributed by atoms with E-state index < -0.39 is 0 Å². The van der Waals surface area contributed by atoms with E-state index in [0.717, 1.165) is 31.2 Å². The number of benzene rings is 1. The van der Waals surface area contributed by atoms with Crippen molar-refractivity contribution in [3.05, 3.63) is 44.2 Å².